The van der Waals surface area contributed by atoms with E-state index < -0.39 is 0 Å². The van der Waals surface area contributed by atoms with Gasteiger partial charge in [0.2, 0.25) is 5.95 Å². The lowest BCUT2D eigenvalue weighted by Crippen LogP contribution is -2.06. The number of rotatable bonds is 5. The van der Waals surface area contributed by atoms with Gasteiger partial charge in [0, 0.05) is 49.0 Å². The molecule has 266 valence electrons. The maximum Gasteiger partial charge on any atom is 0.238 e. The van der Waals surface area contributed by atoms with Crippen LogP contribution in [0.15, 0.2) is 191 Å². The molecule has 6 nitrogen and oxygen atoms in total. The molecule has 6 heteroatoms. The van der Waals surface area contributed by atoms with E-state index >= 15 is 0 Å². The molecule has 12 aromatic rings. The Morgan fingerprint density at radius 2 is 0.965 bits per heavy atom. The van der Waals surface area contributed by atoms with Gasteiger partial charge in [-0.25, -0.2) is 4.98 Å². The number of aromatic nitrogens is 4. The van der Waals surface area contributed by atoms with Crippen molar-refractivity contribution in [2.45, 2.75) is 0 Å². The van der Waals surface area contributed by atoms with Gasteiger partial charge in [0.1, 0.15) is 22.3 Å². The van der Waals surface area contributed by atoms with E-state index in [-0.39, 0.29) is 0 Å². The van der Waals surface area contributed by atoms with Crippen LogP contribution in [0.2, 0.25) is 0 Å². The molecule has 0 bridgehead atoms. The first-order valence-electron chi connectivity index (χ1n) is 19.0. The highest BCUT2D eigenvalue weighted by molar-refractivity contribution is 6.22. The van der Waals surface area contributed by atoms with E-state index in [2.05, 4.69) is 132 Å². The Hall–Kier alpha value is -7.83. The molecule has 4 heterocycles. The topological polar surface area (TPSA) is 69.9 Å². The third kappa shape index (κ3) is 4.87. The highest BCUT2D eigenvalue weighted by Gasteiger charge is 2.24. The molecule has 0 aliphatic heterocycles. The van der Waals surface area contributed by atoms with Crippen molar-refractivity contribution in [2.24, 2.45) is 0 Å². The van der Waals surface area contributed by atoms with Crippen molar-refractivity contribution < 1.29 is 8.83 Å². The molecule has 0 fully saturated rings. The van der Waals surface area contributed by atoms with Gasteiger partial charge >= 0.3 is 0 Å². The van der Waals surface area contributed by atoms with Crippen LogP contribution in [0.1, 0.15) is 0 Å². The van der Waals surface area contributed by atoms with Crippen LogP contribution in [0.25, 0.3) is 117 Å². The summed E-state index contributed by atoms with van der Waals surface area (Å²) in [7, 11) is 0. The highest BCUT2D eigenvalue weighted by Crippen LogP contribution is 2.43. The first-order chi connectivity index (χ1) is 28.3. The van der Waals surface area contributed by atoms with Gasteiger partial charge in [-0.05, 0) is 47.0 Å². The van der Waals surface area contributed by atoms with E-state index in [0.29, 0.717) is 17.6 Å². The van der Waals surface area contributed by atoms with E-state index in [1.165, 1.54) is 0 Å². The molecule has 0 saturated carbocycles. The monoisotopic (exact) mass is 730 g/mol. The molecule has 0 amide bonds. The highest BCUT2D eigenvalue weighted by atomic mass is 16.3. The standard InChI is InChI=1S/C51H30N4O2/c1-4-15-31(16-5-1)35-23-14-24-38-39-28-27-37-36-21-10-12-25-42(36)55(46(37)48(39)57-47(35)38)51-53-49(33-19-8-3-9-20-33)52-50(54-51)34-29-41(32-17-6-2-7-18-32)45-40-22-11-13-26-43(40)56-44(45)30-34/h1-30H. The van der Waals surface area contributed by atoms with Gasteiger partial charge in [0.05, 0.1) is 5.52 Å². The zero-order valence-electron chi connectivity index (χ0n) is 30.4. The van der Waals surface area contributed by atoms with E-state index in [1.54, 1.807) is 0 Å². The van der Waals surface area contributed by atoms with Crippen molar-refractivity contribution in [3.8, 4) is 51.0 Å². The lowest BCUT2D eigenvalue weighted by Gasteiger charge is -2.12. The second-order valence-corrected chi connectivity index (χ2v) is 14.4. The van der Waals surface area contributed by atoms with Crippen LogP contribution in [-0.4, -0.2) is 19.5 Å². The van der Waals surface area contributed by atoms with Gasteiger partial charge in [0.25, 0.3) is 0 Å². The van der Waals surface area contributed by atoms with Gasteiger partial charge in [-0.3, -0.25) is 4.57 Å². The summed E-state index contributed by atoms with van der Waals surface area (Å²) in [6, 6.07) is 62.5. The molecule has 57 heavy (non-hydrogen) atoms. The Morgan fingerprint density at radius 1 is 0.368 bits per heavy atom. The summed E-state index contributed by atoms with van der Waals surface area (Å²) in [5.41, 5.74) is 11.1. The first kappa shape index (κ1) is 31.5. The summed E-state index contributed by atoms with van der Waals surface area (Å²) in [5, 5.41) is 6.34. The van der Waals surface area contributed by atoms with Crippen LogP contribution in [0.3, 0.4) is 0 Å². The maximum absolute atomic E-state index is 7.01. The number of benzene rings is 8. The molecular formula is C51H30N4O2. The Kier molecular flexibility index (Phi) is 6.83. The number of hydrogen-bond acceptors (Lipinski definition) is 5. The molecule has 4 aromatic heterocycles. The fourth-order valence-corrected chi connectivity index (χ4v) is 8.50. The summed E-state index contributed by atoms with van der Waals surface area (Å²) in [6.07, 6.45) is 0. The smallest absolute Gasteiger partial charge is 0.238 e. The quantitative estimate of drug-likeness (QED) is 0.176. The van der Waals surface area contributed by atoms with Crippen molar-refractivity contribution in [1.82, 2.24) is 19.5 Å². The van der Waals surface area contributed by atoms with Gasteiger partial charge in [-0.2, -0.15) is 9.97 Å². The molecule has 0 atom stereocenters. The van der Waals surface area contributed by atoms with Crippen LogP contribution >= 0.6 is 0 Å². The minimum atomic E-state index is 0.493. The zero-order chi connectivity index (χ0) is 37.5. The average molecular weight is 731 g/mol. The Balaban J connectivity index is 1.17. The number of nitrogens with zero attached hydrogens (tertiary/aromatic N) is 4. The summed E-state index contributed by atoms with van der Waals surface area (Å²) in [5.74, 6) is 1.59. The van der Waals surface area contributed by atoms with Gasteiger partial charge < -0.3 is 8.83 Å². The maximum atomic E-state index is 7.01. The molecule has 0 unspecified atom stereocenters. The fraction of sp³-hybridized carbons (Fsp3) is 0. The summed E-state index contributed by atoms with van der Waals surface area (Å²) in [4.78, 5) is 15.8. The normalized spacial score (nSPS) is 11.9. The van der Waals surface area contributed by atoms with Crippen molar-refractivity contribution in [3.63, 3.8) is 0 Å². The largest absolute Gasteiger partial charge is 0.456 e. The van der Waals surface area contributed by atoms with Crippen LogP contribution in [0.5, 0.6) is 0 Å². The van der Waals surface area contributed by atoms with Crippen molar-refractivity contribution in [2.75, 3.05) is 0 Å². The summed E-state index contributed by atoms with van der Waals surface area (Å²) >= 11 is 0. The molecule has 8 aromatic carbocycles. The second-order valence-electron chi connectivity index (χ2n) is 14.4. The van der Waals surface area contributed by atoms with E-state index in [0.717, 1.165) is 99.1 Å². The molecule has 12 rings (SSSR count). The number of para-hydroxylation sites is 3. The number of hydrogen-bond donors (Lipinski definition) is 0. The van der Waals surface area contributed by atoms with Crippen molar-refractivity contribution in [1.29, 1.82) is 0 Å². The minimum Gasteiger partial charge on any atom is -0.456 e. The first-order valence-corrected chi connectivity index (χ1v) is 19.0. The Bertz CT molecular complexity index is 3510. The van der Waals surface area contributed by atoms with E-state index in [1.807, 2.05) is 54.6 Å². The Labute approximate surface area is 325 Å². The predicted molar refractivity (Wildman–Crippen MR) is 230 cm³/mol. The molecule has 0 spiro atoms. The molecule has 0 N–H and O–H groups in total. The predicted octanol–water partition coefficient (Wildman–Crippen LogP) is 13.4. The second kappa shape index (κ2) is 12.3. The number of fused-ring (bicyclic) bond motifs is 10. The summed E-state index contributed by atoms with van der Waals surface area (Å²) in [6.45, 7) is 0. The summed E-state index contributed by atoms with van der Waals surface area (Å²) < 4.78 is 15.7. The van der Waals surface area contributed by atoms with Crippen molar-refractivity contribution >= 4 is 65.7 Å². The zero-order valence-corrected chi connectivity index (χ0v) is 30.4. The average Bonchev–Trinajstić information content (AvgIpc) is 3.96. The molecule has 0 saturated heterocycles. The van der Waals surface area contributed by atoms with Gasteiger partial charge in [-0.15, -0.1) is 0 Å². The van der Waals surface area contributed by atoms with Crippen LogP contribution in [-0.2, 0) is 0 Å². The SMILES string of the molecule is c1ccc(-c2nc(-c3cc(-c4ccccc4)c4c(c3)oc3ccccc34)nc(-n3c4ccccc4c4ccc5c6cccc(-c7ccccc7)c6oc5c43)n2)cc1. The van der Waals surface area contributed by atoms with Crippen LogP contribution < -0.4 is 0 Å². The number of furan rings is 2. The lowest BCUT2D eigenvalue weighted by molar-refractivity contribution is 0.669. The molecule has 0 radical (unpaired) electrons. The Morgan fingerprint density at radius 3 is 1.74 bits per heavy atom. The van der Waals surface area contributed by atoms with Gasteiger partial charge in [0.15, 0.2) is 17.2 Å². The third-order valence-corrected chi connectivity index (χ3v) is 11.1. The molecular weight excluding hydrogens is 701 g/mol. The molecule has 0 aliphatic carbocycles. The third-order valence-electron chi connectivity index (χ3n) is 11.1. The van der Waals surface area contributed by atoms with E-state index in [9.17, 15) is 0 Å². The van der Waals surface area contributed by atoms with Crippen LogP contribution in [0.4, 0.5) is 0 Å². The van der Waals surface area contributed by atoms with Gasteiger partial charge in [-0.1, -0.05) is 152 Å². The van der Waals surface area contributed by atoms with Crippen molar-refractivity contribution in [3.05, 3.63) is 182 Å². The minimum absolute atomic E-state index is 0.493. The molecule has 0 aliphatic rings. The lowest BCUT2D eigenvalue weighted by atomic mass is 9.97. The van der Waals surface area contributed by atoms with Crippen LogP contribution in [0, 0.1) is 0 Å². The van der Waals surface area contributed by atoms with E-state index in [4.69, 9.17) is 23.8 Å². The fourth-order valence-electron chi connectivity index (χ4n) is 8.50.